The van der Waals surface area contributed by atoms with E-state index in [4.69, 9.17) is 0 Å². The number of nitrogens with one attached hydrogen (secondary N) is 1. The Morgan fingerprint density at radius 2 is 2.15 bits per heavy atom. The standard InChI is InChI=1S/C16H13NO3/c1-20-16(19)14-7-10(9-17-14)6-12-8-11-4-2-3-5-13(11)15(12)18/h2-7,9,17H,8H2,1H3/b12-6-. The zero-order valence-electron chi connectivity index (χ0n) is 11.0. The third-order valence-corrected chi connectivity index (χ3v) is 3.39. The van der Waals surface area contributed by atoms with Gasteiger partial charge in [-0.15, -0.1) is 0 Å². The number of Topliss-reactive ketones (excluding diaryl/α,β-unsaturated/α-hetero) is 1. The van der Waals surface area contributed by atoms with E-state index in [1.165, 1.54) is 7.11 Å². The Morgan fingerprint density at radius 3 is 2.90 bits per heavy atom. The van der Waals surface area contributed by atoms with Gasteiger partial charge in [0.1, 0.15) is 5.69 Å². The molecule has 0 saturated carbocycles. The lowest BCUT2D eigenvalue weighted by atomic mass is 10.1. The van der Waals surface area contributed by atoms with Crippen molar-refractivity contribution in [2.45, 2.75) is 6.42 Å². The number of methoxy groups -OCH3 is 1. The minimum Gasteiger partial charge on any atom is -0.464 e. The molecular formula is C16H13NO3. The smallest absolute Gasteiger partial charge is 0.354 e. The largest absolute Gasteiger partial charge is 0.464 e. The van der Waals surface area contributed by atoms with Gasteiger partial charge in [-0.1, -0.05) is 24.3 Å². The van der Waals surface area contributed by atoms with Crippen LogP contribution in [0.4, 0.5) is 0 Å². The summed E-state index contributed by atoms with van der Waals surface area (Å²) >= 11 is 0. The maximum absolute atomic E-state index is 12.2. The molecule has 20 heavy (non-hydrogen) atoms. The summed E-state index contributed by atoms with van der Waals surface area (Å²) < 4.78 is 4.63. The van der Waals surface area contributed by atoms with Gasteiger partial charge in [0.25, 0.3) is 0 Å². The van der Waals surface area contributed by atoms with Crippen LogP contribution in [-0.4, -0.2) is 23.8 Å². The van der Waals surface area contributed by atoms with Crippen LogP contribution in [0.25, 0.3) is 6.08 Å². The molecule has 1 heterocycles. The van der Waals surface area contributed by atoms with E-state index in [9.17, 15) is 9.59 Å². The van der Waals surface area contributed by atoms with Crippen molar-refractivity contribution in [1.29, 1.82) is 0 Å². The van der Waals surface area contributed by atoms with Crippen LogP contribution in [0.3, 0.4) is 0 Å². The van der Waals surface area contributed by atoms with Gasteiger partial charge in [0, 0.05) is 23.8 Å². The molecule has 0 saturated heterocycles. The van der Waals surface area contributed by atoms with Crippen molar-refractivity contribution in [2.75, 3.05) is 7.11 Å². The number of allylic oxidation sites excluding steroid dienone is 1. The summed E-state index contributed by atoms with van der Waals surface area (Å²) in [5.74, 6) is -0.364. The van der Waals surface area contributed by atoms with Crippen LogP contribution < -0.4 is 0 Å². The monoisotopic (exact) mass is 267 g/mol. The SMILES string of the molecule is COC(=O)c1cc(/C=C2/Cc3ccccc3C2=O)c[nH]1. The summed E-state index contributed by atoms with van der Waals surface area (Å²) in [5, 5.41) is 0. The van der Waals surface area contributed by atoms with Crippen molar-refractivity contribution >= 4 is 17.8 Å². The molecule has 1 N–H and O–H groups in total. The first-order valence-electron chi connectivity index (χ1n) is 6.29. The van der Waals surface area contributed by atoms with Gasteiger partial charge in [-0.25, -0.2) is 4.79 Å². The van der Waals surface area contributed by atoms with Crippen molar-refractivity contribution in [3.63, 3.8) is 0 Å². The van der Waals surface area contributed by atoms with E-state index in [0.717, 1.165) is 22.3 Å². The Kier molecular flexibility index (Phi) is 2.99. The topological polar surface area (TPSA) is 59.2 Å². The molecule has 0 aliphatic heterocycles. The number of hydrogen-bond donors (Lipinski definition) is 1. The number of ketones is 1. The average Bonchev–Trinajstić information content (AvgIpc) is 3.05. The number of H-pyrrole nitrogens is 1. The third kappa shape index (κ3) is 2.05. The molecule has 100 valence electrons. The zero-order valence-corrected chi connectivity index (χ0v) is 11.0. The van der Waals surface area contributed by atoms with Gasteiger partial charge in [-0.05, 0) is 23.3 Å². The highest BCUT2D eigenvalue weighted by molar-refractivity contribution is 6.15. The number of ether oxygens (including phenoxy) is 1. The number of esters is 1. The fourth-order valence-corrected chi connectivity index (χ4v) is 2.39. The van der Waals surface area contributed by atoms with Gasteiger partial charge in [-0.2, -0.15) is 0 Å². The van der Waals surface area contributed by atoms with E-state index in [1.807, 2.05) is 30.3 Å². The number of carbonyl (C=O) groups excluding carboxylic acids is 2. The second-order valence-corrected chi connectivity index (χ2v) is 4.67. The summed E-state index contributed by atoms with van der Waals surface area (Å²) in [4.78, 5) is 26.4. The fraction of sp³-hybridized carbons (Fsp3) is 0.125. The van der Waals surface area contributed by atoms with Crippen molar-refractivity contribution in [2.24, 2.45) is 0 Å². The number of carbonyl (C=O) groups is 2. The summed E-state index contributed by atoms with van der Waals surface area (Å²) in [6.45, 7) is 0. The highest BCUT2D eigenvalue weighted by Crippen LogP contribution is 2.27. The molecule has 0 atom stereocenters. The van der Waals surface area contributed by atoms with Crippen LogP contribution in [0.1, 0.15) is 32.0 Å². The molecule has 4 heteroatoms. The summed E-state index contributed by atoms with van der Waals surface area (Å²) in [6.07, 6.45) is 4.13. The van der Waals surface area contributed by atoms with Gasteiger partial charge < -0.3 is 9.72 Å². The Hall–Kier alpha value is -2.62. The maximum Gasteiger partial charge on any atom is 0.354 e. The van der Waals surface area contributed by atoms with E-state index in [2.05, 4.69) is 9.72 Å². The first-order valence-corrected chi connectivity index (χ1v) is 6.29. The lowest BCUT2D eigenvalue weighted by Crippen LogP contribution is -2.00. The van der Waals surface area contributed by atoms with Crippen LogP contribution in [0.5, 0.6) is 0 Å². The van der Waals surface area contributed by atoms with Gasteiger partial charge in [0.05, 0.1) is 7.11 Å². The Labute approximate surface area is 116 Å². The van der Waals surface area contributed by atoms with E-state index < -0.39 is 5.97 Å². The predicted octanol–water partition coefficient (Wildman–Crippen LogP) is 2.62. The van der Waals surface area contributed by atoms with Crippen LogP contribution in [0, 0.1) is 0 Å². The molecule has 3 rings (SSSR count). The van der Waals surface area contributed by atoms with Crippen molar-refractivity contribution in [3.05, 3.63) is 64.5 Å². The van der Waals surface area contributed by atoms with Gasteiger partial charge in [0.15, 0.2) is 5.78 Å². The summed E-state index contributed by atoms with van der Waals surface area (Å²) in [7, 11) is 1.33. The number of hydrogen-bond acceptors (Lipinski definition) is 3. The lowest BCUT2D eigenvalue weighted by molar-refractivity contribution is 0.0594. The van der Waals surface area contributed by atoms with Crippen LogP contribution in [0.15, 0.2) is 42.1 Å². The highest BCUT2D eigenvalue weighted by atomic mass is 16.5. The molecule has 1 aromatic heterocycles. The number of aromatic nitrogens is 1. The minimum atomic E-state index is -0.421. The van der Waals surface area contributed by atoms with Gasteiger partial charge in [-0.3, -0.25) is 4.79 Å². The van der Waals surface area contributed by atoms with Crippen molar-refractivity contribution in [1.82, 2.24) is 4.98 Å². The maximum atomic E-state index is 12.2. The number of rotatable bonds is 2. The Morgan fingerprint density at radius 1 is 1.35 bits per heavy atom. The van der Waals surface area contributed by atoms with Gasteiger partial charge >= 0.3 is 5.97 Å². The molecule has 0 bridgehead atoms. The van der Waals surface area contributed by atoms with E-state index in [-0.39, 0.29) is 5.78 Å². The Balaban J connectivity index is 1.90. The molecule has 0 radical (unpaired) electrons. The van der Waals surface area contributed by atoms with Crippen molar-refractivity contribution in [3.8, 4) is 0 Å². The van der Waals surface area contributed by atoms with Crippen molar-refractivity contribution < 1.29 is 14.3 Å². The van der Waals surface area contributed by atoms with E-state index in [1.54, 1.807) is 12.3 Å². The molecule has 1 aliphatic rings. The highest BCUT2D eigenvalue weighted by Gasteiger charge is 2.24. The number of benzene rings is 1. The molecule has 4 nitrogen and oxygen atoms in total. The second kappa shape index (κ2) is 4.81. The number of aromatic amines is 1. The van der Waals surface area contributed by atoms with Crippen LogP contribution in [0.2, 0.25) is 0 Å². The molecule has 1 aliphatic carbocycles. The average molecular weight is 267 g/mol. The molecule has 2 aromatic rings. The van der Waals surface area contributed by atoms with E-state index >= 15 is 0 Å². The quantitative estimate of drug-likeness (QED) is 0.672. The lowest BCUT2D eigenvalue weighted by Gasteiger charge is -1.93. The summed E-state index contributed by atoms with van der Waals surface area (Å²) in [6, 6.07) is 9.28. The van der Waals surface area contributed by atoms with Gasteiger partial charge in [0.2, 0.25) is 0 Å². The molecule has 0 fully saturated rings. The molecular weight excluding hydrogens is 254 g/mol. The molecule has 0 amide bonds. The van der Waals surface area contributed by atoms with Crippen LogP contribution >= 0.6 is 0 Å². The Bertz CT molecular complexity index is 725. The third-order valence-electron chi connectivity index (χ3n) is 3.39. The molecule has 0 unspecified atom stereocenters. The van der Waals surface area contributed by atoms with Crippen LogP contribution in [-0.2, 0) is 11.2 Å². The molecule has 0 spiro atoms. The van der Waals surface area contributed by atoms with E-state index in [0.29, 0.717) is 12.1 Å². The second-order valence-electron chi connectivity index (χ2n) is 4.67. The predicted molar refractivity (Wildman–Crippen MR) is 74.6 cm³/mol. The summed E-state index contributed by atoms with van der Waals surface area (Å²) in [5.41, 5.74) is 3.72. The first-order chi connectivity index (χ1) is 9.69. The minimum absolute atomic E-state index is 0.0569. The fourth-order valence-electron chi connectivity index (χ4n) is 2.39. The normalized spacial score (nSPS) is 15.4. The molecule has 1 aromatic carbocycles. The zero-order chi connectivity index (χ0) is 14.1. The number of fused-ring (bicyclic) bond motifs is 1. The first kappa shape index (κ1) is 12.4.